The van der Waals surface area contributed by atoms with Gasteiger partial charge in [-0.05, 0) is 17.7 Å². The van der Waals surface area contributed by atoms with E-state index in [1.165, 1.54) is 0 Å². The van der Waals surface area contributed by atoms with E-state index in [1.54, 1.807) is 24.4 Å². The zero-order valence-corrected chi connectivity index (χ0v) is 15.2. The number of aryl methyl sites for hydroxylation is 1. The van der Waals surface area contributed by atoms with Crippen molar-refractivity contribution in [2.75, 3.05) is 26.2 Å². The molecule has 1 fully saturated rings. The van der Waals surface area contributed by atoms with Crippen molar-refractivity contribution in [2.24, 2.45) is 7.05 Å². The molecule has 2 heterocycles. The number of nitrogens with zero attached hydrogens (tertiary/aromatic N) is 3. The molecule has 0 spiro atoms. The van der Waals surface area contributed by atoms with Crippen LogP contribution in [0.15, 0.2) is 36.7 Å². The Kier molecular flexibility index (Phi) is 6.91. The van der Waals surface area contributed by atoms with E-state index in [9.17, 15) is 13.2 Å². The van der Waals surface area contributed by atoms with Crippen LogP contribution in [0.3, 0.4) is 0 Å². The van der Waals surface area contributed by atoms with E-state index in [-0.39, 0.29) is 24.2 Å². The highest BCUT2D eigenvalue weighted by molar-refractivity contribution is 5.85. The normalized spacial score (nSPS) is 18.4. The number of aromatic nitrogens is 2. The molecule has 26 heavy (non-hydrogen) atoms. The number of hydrogen-bond acceptors (Lipinski definition) is 4. The van der Waals surface area contributed by atoms with Gasteiger partial charge in [0.05, 0.1) is 6.04 Å². The van der Waals surface area contributed by atoms with Crippen molar-refractivity contribution >= 4 is 12.4 Å². The third-order valence-electron chi connectivity index (χ3n) is 4.20. The van der Waals surface area contributed by atoms with Gasteiger partial charge in [0.1, 0.15) is 11.6 Å². The largest absolute Gasteiger partial charge is 0.484 e. The lowest BCUT2D eigenvalue weighted by Gasteiger charge is -2.35. The lowest BCUT2D eigenvalue weighted by atomic mass is 10.1. The molecule has 5 nitrogen and oxygen atoms in total. The quantitative estimate of drug-likeness (QED) is 0.852. The summed E-state index contributed by atoms with van der Waals surface area (Å²) >= 11 is 0. The summed E-state index contributed by atoms with van der Waals surface area (Å²) in [6, 6.07) is 6.96. The topological polar surface area (TPSA) is 42.3 Å². The molecule has 0 bridgehead atoms. The molecule has 1 atom stereocenters. The minimum Gasteiger partial charge on any atom is -0.484 e. The van der Waals surface area contributed by atoms with Gasteiger partial charge in [-0.2, -0.15) is 13.2 Å². The average molecular weight is 391 g/mol. The van der Waals surface area contributed by atoms with Gasteiger partial charge in [0.2, 0.25) is 0 Å². The first-order chi connectivity index (χ1) is 11.9. The van der Waals surface area contributed by atoms with Gasteiger partial charge >= 0.3 is 6.18 Å². The second-order valence-corrected chi connectivity index (χ2v) is 6.14. The highest BCUT2D eigenvalue weighted by Crippen LogP contribution is 2.25. The molecule has 0 amide bonds. The minimum atomic E-state index is -4.34. The molecule has 9 heteroatoms. The summed E-state index contributed by atoms with van der Waals surface area (Å²) in [6.07, 6.45) is -0.653. The van der Waals surface area contributed by atoms with Gasteiger partial charge < -0.3 is 14.6 Å². The van der Waals surface area contributed by atoms with Crippen LogP contribution in [0.4, 0.5) is 13.2 Å². The second kappa shape index (κ2) is 8.75. The summed E-state index contributed by atoms with van der Waals surface area (Å²) in [5.41, 5.74) is 0.917. The number of nitrogens with one attached hydrogen (secondary N) is 1. The first-order valence-electron chi connectivity index (χ1n) is 8.13. The van der Waals surface area contributed by atoms with Gasteiger partial charge in [-0.1, -0.05) is 12.1 Å². The van der Waals surface area contributed by atoms with Crippen LogP contribution in [0.2, 0.25) is 0 Å². The Bertz CT molecular complexity index is 707. The molecule has 0 radical (unpaired) electrons. The number of piperazine rings is 1. The molecular formula is C17H22ClF3N4O. The van der Waals surface area contributed by atoms with Crippen molar-refractivity contribution in [1.82, 2.24) is 19.8 Å². The van der Waals surface area contributed by atoms with Crippen molar-refractivity contribution in [2.45, 2.75) is 18.8 Å². The zero-order chi connectivity index (χ0) is 17.9. The minimum absolute atomic E-state index is 0. The predicted octanol–water partition coefficient (Wildman–Crippen LogP) is 2.93. The molecule has 1 aliphatic heterocycles. The van der Waals surface area contributed by atoms with Crippen molar-refractivity contribution in [3.8, 4) is 5.75 Å². The Morgan fingerprint density at radius 3 is 2.85 bits per heavy atom. The van der Waals surface area contributed by atoms with Crippen molar-refractivity contribution in [1.29, 1.82) is 0 Å². The van der Waals surface area contributed by atoms with Crippen molar-refractivity contribution in [3.63, 3.8) is 0 Å². The maximum atomic E-state index is 12.3. The first-order valence-corrected chi connectivity index (χ1v) is 8.13. The van der Waals surface area contributed by atoms with Gasteiger partial charge in [-0.3, -0.25) is 4.90 Å². The molecule has 1 saturated heterocycles. The molecule has 3 rings (SSSR count). The number of halogens is 4. The number of ether oxygens (including phenoxy) is 1. The first kappa shape index (κ1) is 20.5. The molecule has 144 valence electrons. The summed E-state index contributed by atoms with van der Waals surface area (Å²) in [5, 5.41) is 3.37. The Labute approximate surface area is 156 Å². The number of alkyl halides is 3. The van der Waals surface area contributed by atoms with Crippen LogP contribution in [0.25, 0.3) is 0 Å². The van der Waals surface area contributed by atoms with E-state index in [1.807, 2.05) is 23.9 Å². The van der Waals surface area contributed by atoms with Gasteiger partial charge in [-0.15, -0.1) is 12.4 Å². The van der Waals surface area contributed by atoms with Gasteiger partial charge in [0.25, 0.3) is 0 Å². The maximum absolute atomic E-state index is 12.3. The van der Waals surface area contributed by atoms with Crippen molar-refractivity contribution < 1.29 is 17.9 Å². The van der Waals surface area contributed by atoms with Crippen LogP contribution in [0.5, 0.6) is 5.75 Å². The summed E-state index contributed by atoms with van der Waals surface area (Å²) in [7, 11) is 1.96. The third-order valence-corrected chi connectivity index (χ3v) is 4.20. The van der Waals surface area contributed by atoms with E-state index in [0.29, 0.717) is 6.54 Å². The number of rotatable bonds is 5. The van der Waals surface area contributed by atoms with Crippen LogP contribution in [-0.2, 0) is 13.6 Å². The fraction of sp³-hybridized carbons (Fsp3) is 0.471. The van der Waals surface area contributed by atoms with E-state index >= 15 is 0 Å². The van der Waals surface area contributed by atoms with Crippen LogP contribution in [0.1, 0.15) is 17.4 Å². The SMILES string of the molecule is Cl.Cn1ccnc1C1CNCCN1Cc1cccc(OCC(F)(F)F)c1. The highest BCUT2D eigenvalue weighted by Gasteiger charge is 2.29. The molecule has 1 aromatic heterocycles. The lowest BCUT2D eigenvalue weighted by Crippen LogP contribution is -2.46. The summed E-state index contributed by atoms with van der Waals surface area (Å²) in [4.78, 5) is 6.72. The number of hydrogen-bond donors (Lipinski definition) is 1. The summed E-state index contributed by atoms with van der Waals surface area (Å²) in [6.45, 7) is 1.84. The van der Waals surface area contributed by atoms with Crippen LogP contribution in [-0.4, -0.2) is 46.9 Å². The van der Waals surface area contributed by atoms with Gasteiger partial charge in [0, 0.05) is 45.6 Å². The van der Waals surface area contributed by atoms with Crippen molar-refractivity contribution in [3.05, 3.63) is 48.0 Å². The Balaban J connectivity index is 0.00000243. The fourth-order valence-electron chi connectivity index (χ4n) is 3.02. The maximum Gasteiger partial charge on any atom is 0.422 e. The van der Waals surface area contributed by atoms with Crippen LogP contribution in [0, 0.1) is 0 Å². The molecule has 1 aromatic carbocycles. The van der Waals surface area contributed by atoms with Crippen LogP contribution >= 0.6 is 12.4 Å². The van der Waals surface area contributed by atoms with E-state index in [0.717, 1.165) is 31.0 Å². The molecule has 0 aliphatic carbocycles. The van der Waals surface area contributed by atoms with Crippen LogP contribution < -0.4 is 10.1 Å². The van der Waals surface area contributed by atoms with E-state index in [4.69, 9.17) is 4.74 Å². The Morgan fingerprint density at radius 1 is 1.35 bits per heavy atom. The average Bonchev–Trinajstić information content (AvgIpc) is 2.99. The Hall–Kier alpha value is -1.77. The molecule has 2 aromatic rings. The second-order valence-electron chi connectivity index (χ2n) is 6.14. The number of benzene rings is 1. The summed E-state index contributed by atoms with van der Waals surface area (Å²) < 4.78 is 43.8. The molecule has 0 saturated carbocycles. The third kappa shape index (κ3) is 5.36. The molecule has 1 N–H and O–H groups in total. The molecular weight excluding hydrogens is 369 g/mol. The molecule has 1 unspecified atom stereocenters. The molecule has 1 aliphatic rings. The van der Waals surface area contributed by atoms with Gasteiger partial charge in [-0.25, -0.2) is 4.98 Å². The fourth-order valence-corrected chi connectivity index (χ4v) is 3.02. The lowest BCUT2D eigenvalue weighted by molar-refractivity contribution is -0.153. The standard InChI is InChI=1S/C17H21F3N4O.ClH/c1-23-7-6-22-16(23)15-10-21-5-8-24(15)11-13-3-2-4-14(9-13)25-12-17(18,19)20;/h2-4,6-7,9,15,21H,5,8,10-12H2,1H3;1H. The zero-order valence-electron chi connectivity index (χ0n) is 14.4. The smallest absolute Gasteiger partial charge is 0.422 e. The highest BCUT2D eigenvalue weighted by atomic mass is 35.5. The van der Waals surface area contributed by atoms with E-state index in [2.05, 4.69) is 15.2 Å². The van der Waals surface area contributed by atoms with Gasteiger partial charge in [0.15, 0.2) is 6.61 Å². The van der Waals surface area contributed by atoms with E-state index < -0.39 is 12.8 Å². The number of imidazole rings is 1. The summed E-state index contributed by atoms with van der Waals surface area (Å²) in [5.74, 6) is 1.20. The Morgan fingerprint density at radius 2 is 2.15 bits per heavy atom. The predicted molar refractivity (Wildman–Crippen MR) is 94.5 cm³/mol. The monoisotopic (exact) mass is 390 g/mol.